The van der Waals surface area contributed by atoms with E-state index in [4.69, 9.17) is 13.4 Å². The molecule has 0 aliphatic carbocycles. The largest absolute Gasteiger partial charge is 0.529 e. The predicted molar refractivity (Wildman–Crippen MR) is 59.2 cm³/mol. The Kier molecular flexibility index (Phi) is 2.49. The predicted octanol–water partition coefficient (Wildman–Crippen LogP) is -0.0225. The van der Waals surface area contributed by atoms with Crippen molar-refractivity contribution in [2.24, 2.45) is 0 Å². The Bertz CT molecular complexity index is 540. The van der Waals surface area contributed by atoms with E-state index in [1.54, 1.807) is 18.2 Å². The monoisotopic (exact) mass is 256 g/mol. The number of fused-ring (bicyclic) bond motifs is 1. The van der Waals surface area contributed by atoms with Gasteiger partial charge in [0.25, 0.3) is 10.1 Å². The van der Waals surface area contributed by atoms with Crippen molar-refractivity contribution in [2.45, 2.75) is 11.5 Å². The standard InChI is InChI=1S/C9H11BNO5S/c12-17(13)9-4-2-1-3-8(9)7-15-10(16-17)11-5-6-14-10/h1-4,11H,5-7H2/q-1. The zero-order chi connectivity index (χ0) is 11.9. The first-order valence-corrected chi connectivity index (χ1v) is 6.72. The molecule has 1 unspecified atom stereocenters. The average Bonchev–Trinajstić information content (AvgIpc) is 2.70. The van der Waals surface area contributed by atoms with E-state index in [1.807, 2.05) is 0 Å². The summed E-state index contributed by atoms with van der Waals surface area (Å²) in [5, 5.41) is 2.82. The number of nitrogens with one attached hydrogen (secondary N) is 1. The highest BCUT2D eigenvalue weighted by Gasteiger charge is 2.41. The second-order valence-electron chi connectivity index (χ2n) is 3.94. The minimum absolute atomic E-state index is 0.135. The third-order valence-electron chi connectivity index (χ3n) is 2.79. The third kappa shape index (κ3) is 1.87. The van der Waals surface area contributed by atoms with Crippen molar-refractivity contribution in [3.8, 4) is 0 Å². The normalized spacial score (nSPS) is 31.1. The zero-order valence-electron chi connectivity index (χ0n) is 8.96. The van der Waals surface area contributed by atoms with Gasteiger partial charge in [-0.05, 0) is 18.2 Å². The Morgan fingerprint density at radius 2 is 2.06 bits per heavy atom. The van der Waals surface area contributed by atoms with Gasteiger partial charge in [-0.2, -0.15) is 8.42 Å². The first kappa shape index (κ1) is 11.2. The molecule has 6 nitrogen and oxygen atoms in total. The highest BCUT2D eigenvalue weighted by Crippen LogP contribution is 2.28. The minimum Gasteiger partial charge on any atom is -0.529 e. The molecule has 2 aliphatic rings. The van der Waals surface area contributed by atoms with Crippen molar-refractivity contribution in [1.29, 1.82) is 0 Å². The highest BCUT2D eigenvalue weighted by molar-refractivity contribution is 7.87. The molecule has 1 spiro atoms. The second kappa shape index (κ2) is 3.79. The van der Waals surface area contributed by atoms with Crippen molar-refractivity contribution in [2.75, 3.05) is 13.2 Å². The van der Waals surface area contributed by atoms with Gasteiger partial charge in [0.15, 0.2) is 0 Å². The summed E-state index contributed by atoms with van der Waals surface area (Å²) in [4.78, 5) is 0.135. The van der Waals surface area contributed by atoms with E-state index in [-0.39, 0.29) is 11.5 Å². The van der Waals surface area contributed by atoms with Gasteiger partial charge in [0, 0.05) is 13.2 Å². The Morgan fingerprint density at radius 1 is 1.24 bits per heavy atom. The van der Waals surface area contributed by atoms with Gasteiger partial charge < -0.3 is 18.6 Å². The quantitative estimate of drug-likeness (QED) is 0.657. The maximum absolute atomic E-state index is 12.0. The molecule has 1 N–H and O–H groups in total. The Hall–Kier alpha value is -0.925. The maximum Gasteiger partial charge on any atom is 0.475 e. The molecule has 1 atom stereocenters. The number of hydrogen-bond donors (Lipinski definition) is 1. The summed E-state index contributed by atoms with van der Waals surface area (Å²) >= 11 is 0. The van der Waals surface area contributed by atoms with E-state index in [9.17, 15) is 8.42 Å². The minimum atomic E-state index is -3.86. The van der Waals surface area contributed by atoms with Crippen molar-refractivity contribution in [1.82, 2.24) is 5.23 Å². The summed E-state index contributed by atoms with van der Waals surface area (Å²) in [6.45, 7) is -1.36. The number of benzene rings is 1. The number of hydrogen-bond acceptors (Lipinski definition) is 6. The smallest absolute Gasteiger partial charge is 0.475 e. The van der Waals surface area contributed by atoms with E-state index in [0.717, 1.165) is 0 Å². The Morgan fingerprint density at radius 3 is 2.82 bits per heavy atom. The zero-order valence-corrected chi connectivity index (χ0v) is 9.77. The third-order valence-corrected chi connectivity index (χ3v) is 4.23. The summed E-state index contributed by atoms with van der Waals surface area (Å²) in [5.74, 6) is 0. The SMILES string of the molecule is O=S1(=O)O[B-]2(NCCO2)OCc2ccccc21. The lowest BCUT2D eigenvalue weighted by molar-refractivity contribution is 0.127. The van der Waals surface area contributed by atoms with Crippen LogP contribution in [-0.2, 0) is 30.1 Å². The van der Waals surface area contributed by atoms with Crippen LogP contribution in [0.5, 0.6) is 0 Å². The van der Waals surface area contributed by atoms with Gasteiger partial charge in [-0.25, -0.2) is 0 Å². The molecular formula is C9H11BNO5S-. The van der Waals surface area contributed by atoms with Crippen LogP contribution in [-0.4, -0.2) is 28.5 Å². The van der Waals surface area contributed by atoms with Crippen LogP contribution in [0.25, 0.3) is 0 Å². The molecule has 3 rings (SSSR count). The van der Waals surface area contributed by atoms with Crippen molar-refractivity contribution >= 4 is 17.0 Å². The van der Waals surface area contributed by atoms with Crippen molar-refractivity contribution < 1.29 is 21.8 Å². The Labute approximate surface area is 99.0 Å². The molecule has 1 saturated heterocycles. The van der Waals surface area contributed by atoms with Crippen LogP contribution in [0.3, 0.4) is 0 Å². The van der Waals surface area contributed by atoms with Crippen LogP contribution < -0.4 is 5.23 Å². The molecule has 8 heteroatoms. The van der Waals surface area contributed by atoms with Gasteiger partial charge in [0.2, 0.25) is 0 Å². The van der Waals surface area contributed by atoms with Crippen LogP contribution in [0.1, 0.15) is 5.56 Å². The average molecular weight is 256 g/mol. The van der Waals surface area contributed by atoms with Gasteiger partial charge in [0.05, 0.1) is 4.90 Å². The molecule has 0 amide bonds. The molecular weight excluding hydrogens is 245 g/mol. The van der Waals surface area contributed by atoms with Gasteiger partial charge in [-0.15, -0.1) is 0 Å². The summed E-state index contributed by atoms with van der Waals surface area (Å²) in [5.41, 5.74) is 0.573. The van der Waals surface area contributed by atoms with Gasteiger partial charge in [-0.3, -0.25) is 0 Å². The van der Waals surface area contributed by atoms with Crippen LogP contribution in [0.15, 0.2) is 29.2 Å². The van der Waals surface area contributed by atoms with Crippen LogP contribution in [0.4, 0.5) is 0 Å². The molecule has 2 aliphatic heterocycles. The maximum atomic E-state index is 12.0. The summed E-state index contributed by atoms with van der Waals surface area (Å²) in [6, 6.07) is 6.59. The van der Waals surface area contributed by atoms with Crippen LogP contribution in [0.2, 0.25) is 0 Å². The molecule has 1 aromatic carbocycles. The van der Waals surface area contributed by atoms with E-state index in [1.165, 1.54) is 6.07 Å². The fourth-order valence-corrected chi connectivity index (χ4v) is 3.30. The molecule has 2 heterocycles. The molecule has 92 valence electrons. The van der Waals surface area contributed by atoms with Crippen molar-refractivity contribution in [3.05, 3.63) is 29.8 Å². The highest BCUT2D eigenvalue weighted by atomic mass is 32.2. The fourth-order valence-electron chi connectivity index (χ4n) is 1.99. The molecule has 17 heavy (non-hydrogen) atoms. The first-order valence-electron chi connectivity index (χ1n) is 5.31. The number of rotatable bonds is 0. The van der Waals surface area contributed by atoms with Gasteiger partial charge in [-0.1, -0.05) is 18.2 Å². The summed E-state index contributed by atoms with van der Waals surface area (Å²) in [6.07, 6.45) is 0. The van der Waals surface area contributed by atoms with Gasteiger partial charge >= 0.3 is 6.89 Å². The lowest BCUT2D eigenvalue weighted by Crippen LogP contribution is -2.53. The molecule has 1 fully saturated rings. The molecule has 0 radical (unpaired) electrons. The lowest BCUT2D eigenvalue weighted by atomic mass is 10.00. The lowest BCUT2D eigenvalue weighted by Gasteiger charge is -2.32. The fraction of sp³-hybridized carbons (Fsp3) is 0.333. The molecule has 0 aromatic heterocycles. The van der Waals surface area contributed by atoms with Crippen LogP contribution in [0, 0.1) is 0 Å². The van der Waals surface area contributed by atoms with E-state index in [2.05, 4.69) is 5.23 Å². The molecule has 1 aromatic rings. The van der Waals surface area contributed by atoms with E-state index < -0.39 is 17.0 Å². The molecule has 0 saturated carbocycles. The molecule has 0 bridgehead atoms. The second-order valence-corrected chi connectivity index (χ2v) is 5.48. The topological polar surface area (TPSA) is 73.9 Å². The Balaban J connectivity index is 2.07. The van der Waals surface area contributed by atoms with E-state index >= 15 is 0 Å². The van der Waals surface area contributed by atoms with E-state index in [0.29, 0.717) is 18.7 Å². The van der Waals surface area contributed by atoms with Gasteiger partial charge in [0.1, 0.15) is 0 Å². The van der Waals surface area contributed by atoms with Crippen LogP contribution >= 0.6 is 0 Å². The summed E-state index contributed by atoms with van der Waals surface area (Å²) in [7, 11) is -3.86. The summed E-state index contributed by atoms with van der Waals surface area (Å²) < 4.78 is 39.8. The first-order chi connectivity index (χ1) is 8.11. The van der Waals surface area contributed by atoms with Crippen molar-refractivity contribution in [3.63, 3.8) is 0 Å².